The SMILES string of the molecule is CCC(Br)CNC(=O)C12CC3CC(C)(CC(C)(C3)C1)C2. The number of nitrogens with one attached hydrogen (secondary N) is 1. The Morgan fingerprint density at radius 3 is 2.30 bits per heavy atom. The molecule has 4 bridgehead atoms. The largest absolute Gasteiger partial charge is 0.354 e. The number of rotatable bonds is 4. The van der Waals surface area contributed by atoms with Crippen molar-refractivity contribution in [1.29, 1.82) is 0 Å². The molecule has 114 valence electrons. The van der Waals surface area contributed by atoms with E-state index < -0.39 is 0 Å². The van der Waals surface area contributed by atoms with Gasteiger partial charge in [-0.05, 0) is 61.7 Å². The summed E-state index contributed by atoms with van der Waals surface area (Å²) < 4.78 is 0. The second-order valence-corrected chi connectivity index (χ2v) is 9.92. The zero-order valence-electron chi connectivity index (χ0n) is 13.1. The van der Waals surface area contributed by atoms with Crippen molar-refractivity contribution in [3.8, 4) is 0 Å². The Bertz CT molecular complexity index is 403. The van der Waals surface area contributed by atoms with Gasteiger partial charge in [0, 0.05) is 11.4 Å². The summed E-state index contributed by atoms with van der Waals surface area (Å²) in [5, 5.41) is 3.24. The van der Waals surface area contributed by atoms with Gasteiger partial charge in [-0.25, -0.2) is 0 Å². The maximum Gasteiger partial charge on any atom is 0.226 e. The zero-order chi connectivity index (χ0) is 14.6. The molecular weight excluding hydrogens is 314 g/mol. The first-order valence-electron chi connectivity index (χ1n) is 8.21. The molecule has 1 amide bonds. The molecule has 1 N–H and O–H groups in total. The number of halogens is 1. The van der Waals surface area contributed by atoms with Crippen LogP contribution in [-0.2, 0) is 4.79 Å². The highest BCUT2D eigenvalue weighted by Gasteiger charge is 2.62. The van der Waals surface area contributed by atoms with Crippen molar-refractivity contribution in [2.24, 2.45) is 22.2 Å². The molecule has 3 atom stereocenters. The Morgan fingerprint density at radius 1 is 1.20 bits per heavy atom. The summed E-state index contributed by atoms with van der Waals surface area (Å²) in [4.78, 5) is 13.3. The Hall–Kier alpha value is -0.0500. The van der Waals surface area contributed by atoms with E-state index in [-0.39, 0.29) is 5.41 Å². The Labute approximate surface area is 131 Å². The lowest BCUT2D eigenvalue weighted by Gasteiger charge is -2.64. The summed E-state index contributed by atoms with van der Waals surface area (Å²) >= 11 is 3.62. The topological polar surface area (TPSA) is 29.1 Å². The minimum absolute atomic E-state index is 0.0522. The predicted octanol–water partition coefficient (Wildman–Crippen LogP) is 4.27. The minimum Gasteiger partial charge on any atom is -0.354 e. The van der Waals surface area contributed by atoms with Gasteiger partial charge in [0.1, 0.15) is 0 Å². The van der Waals surface area contributed by atoms with Crippen molar-refractivity contribution in [2.45, 2.75) is 70.5 Å². The molecule has 3 heteroatoms. The van der Waals surface area contributed by atoms with E-state index in [9.17, 15) is 4.79 Å². The van der Waals surface area contributed by atoms with Gasteiger partial charge in [0.25, 0.3) is 0 Å². The van der Waals surface area contributed by atoms with Crippen molar-refractivity contribution in [3.05, 3.63) is 0 Å². The zero-order valence-corrected chi connectivity index (χ0v) is 14.7. The summed E-state index contributed by atoms with van der Waals surface area (Å²) in [7, 11) is 0. The maximum atomic E-state index is 12.9. The molecule has 0 radical (unpaired) electrons. The number of carbonyl (C=O) groups excluding carboxylic acids is 1. The average molecular weight is 342 g/mol. The summed E-state index contributed by atoms with van der Waals surface area (Å²) in [5.74, 6) is 1.13. The van der Waals surface area contributed by atoms with E-state index in [4.69, 9.17) is 0 Å². The molecule has 0 spiro atoms. The Morgan fingerprint density at radius 2 is 1.80 bits per heavy atom. The number of carbonyl (C=O) groups is 1. The lowest BCUT2D eigenvalue weighted by atomic mass is 9.40. The first-order chi connectivity index (χ1) is 9.28. The number of hydrogen-bond donors (Lipinski definition) is 1. The molecule has 0 aromatic carbocycles. The fourth-order valence-electron chi connectivity index (χ4n) is 6.24. The van der Waals surface area contributed by atoms with Gasteiger partial charge in [-0.2, -0.15) is 0 Å². The molecule has 2 nitrogen and oxygen atoms in total. The summed E-state index contributed by atoms with van der Waals surface area (Å²) in [6.07, 6.45) is 8.49. The third kappa shape index (κ3) is 2.44. The molecule has 0 heterocycles. The van der Waals surface area contributed by atoms with Crippen molar-refractivity contribution in [1.82, 2.24) is 5.32 Å². The van der Waals surface area contributed by atoms with Gasteiger partial charge >= 0.3 is 0 Å². The van der Waals surface area contributed by atoms with Crippen LogP contribution in [-0.4, -0.2) is 17.3 Å². The highest BCUT2D eigenvalue weighted by atomic mass is 79.9. The lowest BCUT2D eigenvalue weighted by molar-refractivity contribution is -0.170. The van der Waals surface area contributed by atoms with Crippen molar-refractivity contribution in [3.63, 3.8) is 0 Å². The van der Waals surface area contributed by atoms with Crippen LogP contribution < -0.4 is 5.32 Å². The first kappa shape index (κ1) is 14.9. The fourth-order valence-corrected chi connectivity index (χ4v) is 6.40. The van der Waals surface area contributed by atoms with Crippen LogP contribution in [0, 0.1) is 22.2 Å². The second kappa shape index (κ2) is 4.72. The standard InChI is InChI=1S/C17H28BrNO/c1-4-13(18)8-19-14(20)17-7-12-5-15(2,10-17)9-16(3,6-12)11-17/h12-13H,4-11H2,1-3H3,(H,19,20). The molecule has 4 aliphatic rings. The van der Waals surface area contributed by atoms with Crippen LogP contribution in [0.2, 0.25) is 0 Å². The molecule has 20 heavy (non-hydrogen) atoms. The smallest absolute Gasteiger partial charge is 0.226 e. The third-order valence-electron chi connectivity index (χ3n) is 6.04. The molecule has 0 saturated heterocycles. The first-order valence-corrected chi connectivity index (χ1v) is 9.12. The molecule has 0 aromatic heterocycles. The van der Waals surface area contributed by atoms with Gasteiger partial charge in [0.15, 0.2) is 0 Å². The van der Waals surface area contributed by atoms with Gasteiger partial charge in [-0.15, -0.1) is 0 Å². The predicted molar refractivity (Wildman–Crippen MR) is 85.9 cm³/mol. The second-order valence-electron chi connectivity index (χ2n) is 8.63. The van der Waals surface area contributed by atoms with Gasteiger partial charge in [0.2, 0.25) is 5.91 Å². The van der Waals surface area contributed by atoms with E-state index in [1.165, 1.54) is 19.3 Å². The molecule has 4 saturated carbocycles. The van der Waals surface area contributed by atoms with E-state index in [1.54, 1.807) is 0 Å². The normalized spacial score (nSPS) is 47.3. The summed E-state index contributed by atoms with van der Waals surface area (Å²) in [6.45, 7) is 7.78. The van der Waals surface area contributed by atoms with Crippen LogP contribution in [0.4, 0.5) is 0 Å². The minimum atomic E-state index is -0.0522. The van der Waals surface area contributed by atoms with E-state index in [2.05, 4.69) is 42.0 Å². The van der Waals surface area contributed by atoms with E-state index in [1.807, 2.05) is 0 Å². The molecule has 3 unspecified atom stereocenters. The Balaban J connectivity index is 1.77. The van der Waals surface area contributed by atoms with Crippen LogP contribution in [0.5, 0.6) is 0 Å². The highest BCUT2D eigenvalue weighted by Crippen LogP contribution is 2.69. The van der Waals surface area contributed by atoms with Crippen LogP contribution in [0.15, 0.2) is 0 Å². The van der Waals surface area contributed by atoms with E-state index >= 15 is 0 Å². The number of amides is 1. The Kier molecular flexibility index (Phi) is 3.51. The lowest BCUT2D eigenvalue weighted by Crippen LogP contribution is -2.60. The monoisotopic (exact) mass is 341 g/mol. The molecular formula is C17H28BrNO. The number of hydrogen-bond acceptors (Lipinski definition) is 1. The van der Waals surface area contributed by atoms with Crippen molar-refractivity contribution >= 4 is 21.8 Å². The van der Waals surface area contributed by atoms with Crippen molar-refractivity contribution in [2.75, 3.05) is 6.54 Å². The summed E-state index contributed by atoms with van der Waals surface area (Å²) in [6, 6.07) is 0. The van der Waals surface area contributed by atoms with Crippen LogP contribution in [0.25, 0.3) is 0 Å². The van der Waals surface area contributed by atoms with Crippen LogP contribution in [0.1, 0.15) is 65.7 Å². The van der Waals surface area contributed by atoms with Crippen LogP contribution >= 0.6 is 15.9 Å². The molecule has 0 aliphatic heterocycles. The van der Waals surface area contributed by atoms with Gasteiger partial charge in [0.05, 0.1) is 5.41 Å². The molecule has 4 rings (SSSR count). The van der Waals surface area contributed by atoms with Gasteiger partial charge in [-0.3, -0.25) is 4.79 Å². The average Bonchev–Trinajstić information content (AvgIpc) is 2.30. The van der Waals surface area contributed by atoms with Crippen molar-refractivity contribution < 1.29 is 4.79 Å². The van der Waals surface area contributed by atoms with Gasteiger partial charge < -0.3 is 5.32 Å². The van der Waals surface area contributed by atoms with E-state index in [0.29, 0.717) is 21.6 Å². The summed E-state index contributed by atoms with van der Waals surface area (Å²) in [5.41, 5.74) is 0.789. The van der Waals surface area contributed by atoms with Gasteiger partial charge in [-0.1, -0.05) is 36.7 Å². The molecule has 4 aliphatic carbocycles. The number of alkyl halides is 1. The molecule has 0 aromatic rings. The quantitative estimate of drug-likeness (QED) is 0.760. The highest BCUT2D eigenvalue weighted by molar-refractivity contribution is 9.09. The third-order valence-corrected chi connectivity index (χ3v) is 7.01. The molecule has 4 fully saturated rings. The van der Waals surface area contributed by atoms with E-state index in [0.717, 1.165) is 38.1 Å². The van der Waals surface area contributed by atoms with Crippen LogP contribution in [0.3, 0.4) is 0 Å². The maximum absolute atomic E-state index is 12.9. The fraction of sp³-hybridized carbons (Fsp3) is 0.941.